The maximum atomic E-state index is 13.6. The fraction of sp³-hybridized carbons (Fsp3) is 0.500. The largest absolute Gasteiger partial charge is 0.375 e. The number of nitrogens with zero attached hydrogens (tertiary/aromatic N) is 2. The molecule has 0 spiro atoms. The first-order valence-electron chi connectivity index (χ1n) is 5.70. The van der Waals surface area contributed by atoms with Crippen molar-refractivity contribution < 1.29 is 13.7 Å². The van der Waals surface area contributed by atoms with E-state index in [-0.39, 0.29) is 12.1 Å². The number of halogens is 2. The molecule has 0 saturated heterocycles. The van der Waals surface area contributed by atoms with Gasteiger partial charge in [-0.2, -0.15) is 0 Å². The van der Waals surface area contributed by atoms with Gasteiger partial charge in [0.25, 0.3) is 5.69 Å². The van der Waals surface area contributed by atoms with Crippen molar-refractivity contribution >= 4 is 11.4 Å². The standard InChI is InChI=1S/C12H17F2N3O2/c1-12(2,16(3)4)7-15-11-9(17(18)19)6-5-8(13)10(11)14/h5-6,15H,7H2,1-4H3. The van der Waals surface area contributed by atoms with Crippen LogP contribution in [0.4, 0.5) is 20.2 Å². The predicted molar refractivity (Wildman–Crippen MR) is 69.3 cm³/mol. The minimum absolute atomic E-state index is 0.237. The summed E-state index contributed by atoms with van der Waals surface area (Å²) in [6.45, 7) is 3.99. The van der Waals surface area contributed by atoms with Gasteiger partial charge in [0.05, 0.1) is 4.92 Å². The maximum Gasteiger partial charge on any atom is 0.295 e. The molecule has 0 aromatic heterocycles. The second-order valence-electron chi connectivity index (χ2n) is 5.07. The van der Waals surface area contributed by atoms with Gasteiger partial charge in [-0.05, 0) is 34.0 Å². The normalized spacial score (nSPS) is 11.7. The van der Waals surface area contributed by atoms with Gasteiger partial charge in [0, 0.05) is 18.2 Å². The Labute approximate surface area is 110 Å². The summed E-state index contributed by atoms with van der Waals surface area (Å²) in [5, 5.41) is 13.4. The molecular weight excluding hydrogens is 256 g/mol. The molecule has 0 fully saturated rings. The van der Waals surface area contributed by atoms with Crippen LogP contribution >= 0.6 is 0 Å². The minimum Gasteiger partial charge on any atom is -0.375 e. The van der Waals surface area contributed by atoms with E-state index in [4.69, 9.17) is 0 Å². The van der Waals surface area contributed by atoms with E-state index < -0.39 is 27.9 Å². The van der Waals surface area contributed by atoms with Crippen LogP contribution in [0.15, 0.2) is 12.1 Å². The molecule has 0 unspecified atom stereocenters. The van der Waals surface area contributed by atoms with Crippen LogP contribution in [0.1, 0.15) is 13.8 Å². The lowest BCUT2D eigenvalue weighted by atomic mass is 10.0. The molecular formula is C12H17F2N3O2. The van der Waals surface area contributed by atoms with E-state index in [0.717, 1.165) is 12.1 Å². The number of benzene rings is 1. The fourth-order valence-corrected chi connectivity index (χ4v) is 1.32. The third-order valence-electron chi connectivity index (χ3n) is 3.18. The highest BCUT2D eigenvalue weighted by Crippen LogP contribution is 2.29. The van der Waals surface area contributed by atoms with Crippen LogP contribution in [0, 0.1) is 21.7 Å². The summed E-state index contributed by atoms with van der Waals surface area (Å²) >= 11 is 0. The Morgan fingerprint density at radius 2 is 1.95 bits per heavy atom. The van der Waals surface area contributed by atoms with Crippen LogP contribution in [0.3, 0.4) is 0 Å². The zero-order valence-corrected chi connectivity index (χ0v) is 11.3. The molecule has 106 valence electrons. The summed E-state index contributed by atoms with van der Waals surface area (Å²) in [5.41, 5.74) is -1.26. The first-order chi connectivity index (χ1) is 8.66. The average Bonchev–Trinajstić information content (AvgIpc) is 2.30. The minimum atomic E-state index is -1.23. The molecule has 0 saturated carbocycles. The molecule has 19 heavy (non-hydrogen) atoms. The van der Waals surface area contributed by atoms with E-state index in [1.807, 2.05) is 32.8 Å². The summed E-state index contributed by atoms with van der Waals surface area (Å²) in [4.78, 5) is 11.9. The van der Waals surface area contributed by atoms with Crippen molar-refractivity contribution in [3.05, 3.63) is 33.9 Å². The molecule has 1 N–H and O–H groups in total. The number of nitrogens with one attached hydrogen (secondary N) is 1. The average molecular weight is 273 g/mol. The van der Waals surface area contributed by atoms with Gasteiger partial charge in [-0.3, -0.25) is 10.1 Å². The van der Waals surface area contributed by atoms with Gasteiger partial charge in [0.1, 0.15) is 0 Å². The van der Waals surface area contributed by atoms with Crippen LogP contribution in [0.2, 0.25) is 0 Å². The smallest absolute Gasteiger partial charge is 0.295 e. The van der Waals surface area contributed by atoms with Gasteiger partial charge in [-0.15, -0.1) is 0 Å². The van der Waals surface area contributed by atoms with Crippen molar-refractivity contribution in [3.63, 3.8) is 0 Å². The van der Waals surface area contributed by atoms with Gasteiger partial charge in [0.2, 0.25) is 0 Å². The highest BCUT2D eigenvalue weighted by Gasteiger charge is 2.25. The number of hydrogen-bond donors (Lipinski definition) is 1. The lowest BCUT2D eigenvalue weighted by Gasteiger charge is -2.33. The molecule has 0 atom stereocenters. The van der Waals surface area contributed by atoms with E-state index in [9.17, 15) is 18.9 Å². The molecule has 0 radical (unpaired) electrons. The molecule has 5 nitrogen and oxygen atoms in total. The van der Waals surface area contributed by atoms with Gasteiger partial charge in [-0.25, -0.2) is 8.78 Å². The monoisotopic (exact) mass is 273 g/mol. The zero-order valence-electron chi connectivity index (χ0n) is 11.3. The van der Waals surface area contributed by atoms with E-state index in [1.165, 1.54) is 0 Å². The van der Waals surface area contributed by atoms with E-state index in [0.29, 0.717) is 0 Å². The Bertz CT molecular complexity index is 490. The van der Waals surface area contributed by atoms with Gasteiger partial charge in [0.15, 0.2) is 17.3 Å². The summed E-state index contributed by atoms with van der Waals surface area (Å²) < 4.78 is 26.8. The number of nitro benzene ring substituents is 1. The van der Waals surface area contributed by atoms with E-state index in [1.54, 1.807) is 0 Å². The topological polar surface area (TPSA) is 58.4 Å². The van der Waals surface area contributed by atoms with Crippen molar-refractivity contribution in [1.82, 2.24) is 4.90 Å². The fourth-order valence-electron chi connectivity index (χ4n) is 1.32. The van der Waals surface area contributed by atoms with Gasteiger partial charge >= 0.3 is 0 Å². The Hall–Kier alpha value is -1.76. The Balaban J connectivity index is 3.06. The van der Waals surface area contributed by atoms with Crippen molar-refractivity contribution in [1.29, 1.82) is 0 Å². The highest BCUT2D eigenvalue weighted by molar-refractivity contribution is 5.62. The first kappa shape index (κ1) is 15.3. The van der Waals surface area contributed by atoms with Crippen molar-refractivity contribution in [2.75, 3.05) is 26.0 Å². The molecule has 7 heteroatoms. The SMILES string of the molecule is CN(C)C(C)(C)CNc1c([N+](=O)[O-])ccc(F)c1F. The van der Waals surface area contributed by atoms with Gasteiger partial charge < -0.3 is 10.2 Å². The van der Waals surface area contributed by atoms with Crippen molar-refractivity contribution in [2.45, 2.75) is 19.4 Å². The van der Waals surface area contributed by atoms with Crippen LogP contribution in [0.25, 0.3) is 0 Å². The van der Waals surface area contributed by atoms with Crippen LogP contribution in [-0.2, 0) is 0 Å². The lowest BCUT2D eigenvalue weighted by Crippen LogP contribution is -2.44. The summed E-state index contributed by atoms with van der Waals surface area (Å²) in [5.74, 6) is -2.35. The van der Waals surface area contributed by atoms with E-state index in [2.05, 4.69) is 5.32 Å². The quantitative estimate of drug-likeness (QED) is 0.662. The summed E-state index contributed by atoms with van der Waals surface area (Å²) in [6.07, 6.45) is 0. The molecule has 0 aliphatic rings. The third-order valence-corrected chi connectivity index (χ3v) is 3.18. The number of nitro groups is 1. The molecule has 1 rings (SSSR count). The Kier molecular flexibility index (Phi) is 4.41. The summed E-state index contributed by atoms with van der Waals surface area (Å²) in [7, 11) is 3.66. The lowest BCUT2D eigenvalue weighted by molar-refractivity contribution is -0.384. The Morgan fingerprint density at radius 1 is 1.37 bits per heavy atom. The van der Waals surface area contributed by atoms with Gasteiger partial charge in [-0.1, -0.05) is 0 Å². The molecule has 0 aliphatic heterocycles. The van der Waals surface area contributed by atoms with Crippen LogP contribution in [0.5, 0.6) is 0 Å². The number of hydrogen-bond acceptors (Lipinski definition) is 4. The first-order valence-corrected chi connectivity index (χ1v) is 5.70. The molecule has 0 bridgehead atoms. The number of likely N-dealkylation sites (N-methyl/N-ethyl adjacent to an activating group) is 1. The number of rotatable bonds is 5. The number of anilines is 1. The molecule has 0 aliphatic carbocycles. The van der Waals surface area contributed by atoms with Crippen molar-refractivity contribution in [2.24, 2.45) is 0 Å². The summed E-state index contributed by atoms with van der Waals surface area (Å²) in [6, 6.07) is 1.69. The molecule has 1 aromatic carbocycles. The zero-order chi connectivity index (χ0) is 14.8. The molecule has 0 heterocycles. The highest BCUT2D eigenvalue weighted by atomic mass is 19.2. The van der Waals surface area contributed by atoms with Crippen LogP contribution < -0.4 is 5.32 Å². The second kappa shape index (κ2) is 5.48. The predicted octanol–water partition coefficient (Wildman–Crippen LogP) is 2.63. The second-order valence-corrected chi connectivity index (χ2v) is 5.07. The molecule has 0 amide bonds. The van der Waals surface area contributed by atoms with Crippen LogP contribution in [-0.4, -0.2) is 36.0 Å². The maximum absolute atomic E-state index is 13.6. The Morgan fingerprint density at radius 3 is 2.42 bits per heavy atom. The molecule has 1 aromatic rings. The van der Waals surface area contributed by atoms with E-state index >= 15 is 0 Å². The third kappa shape index (κ3) is 3.37. The van der Waals surface area contributed by atoms with Crippen molar-refractivity contribution in [3.8, 4) is 0 Å².